The highest BCUT2D eigenvalue weighted by Gasteiger charge is 2.47. The second-order valence-corrected chi connectivity index (χ2v) is 23.2. The van der Waals surface area contributed by atoms with Gasteiger partial charge in [-0.15, -0.1) is 0 Å². The first-order chi connectivity index (χ1) is 36.0. The third-order valence-electron chi connectivity index (χ3n) is 18.5. The maximum atomic E-state index is 17.2. The molecular formula is C58H68FN9O6. The number of halogens is 1. The number of benzene rings is 3. The predicted molar refractivity (Wildman–Crippen MR) is 280 cm³/mol. The van der Waals surface area contributed by atoms with Crippen molar-refractivity contribution in [2.75, 3.05) is 62.2 Å². The van der Waals surface area contributed by atoms with Gasteiger partial charge in [0.05, 0.1) is 24.2 Å². The molecule has 6 aliphatic heterocycles. The topological polar surface area (TPSA) is 166 Å². The van der Waals surface area contributed by atoms with Crippen LogP contribution < -0.4 is 25.2 Å². The highest BCUT2D eigenvalue weighted by Crippen LogP contribution is 2.50. The molecule has 2 aliphatic carbocycles. The summed E-state index contributed by atoms with van der Waals surface area (Å²) in [7, 11) is 0. The average Bonchev–Trinajstić information content (AvgIpc) is 3.99. The lowest BCUT2D eigenvalue weighted by molar-refractivity contribution is -0.136. The monoisotopic (exact) mass is 1010 g/mol. The van der Waals surface area contributed by atoms with Crippen molar-refractivity contribution in [3.8, 4) is 23.0 Å². The average molecular weight is 1010 g/mol. The number of nitrogens with zero attached hydrogens (tertiary/aromatic N) is 7. The van der Waals surface area contributed by atoms with Crippen molar-refractivity contribution >= 4 is 50.9 Å². The van der Waals surface area contributed by atoms with E-state index in [1.165, 1.54) is 25.7 Å². The van der Waals surface area contributed by atoms with E-state index < -0.39 is 11.9 Å². The quantitative estimate of drug-likeness (QED) is 0.104. The second-order valence-electron chi connectivity index (χ2n) is 23.2. The Hall–Kier alpha value is -5.97. The molecule has 7 fully saturated rings. The van der Waals surface area contributed by atoms with Gasteiger partial charge in [-0.05, 0) is 161 Å². The largest absolute Gasteiger partial charge is 0.508 e. The molecule has 13 rings (SSSR count). The van der Waals surface area contributed by atoms with E-state index in [9.17, 15) is 19.5 Å². The Balaban J connectivity index is 0.616. The highest BCUT2D eigenvalue weighted by atomic mass is 19.1. The van der Waals surface area contributed by atoms with Gasteiger partial charge in [0.2, 0.25) is 11.8 Å². The number of piperazine rings is 1. The number of carbonyl (C=O) groups excluding carboxylic acids is 3. The number of phenolic OH excluding ortho intramolecular Hbond substituents is 1. The number of amides is 3. The number of rotatable bonds is 12. The Labute approximate surface area is 431 Å². The normalized spacial score (nSPS) is 25.1. The molecule has 2 bridgehead atoms. The highest BCUT2D eigenvalue weighted by molar-refractivity contribution is 6.06. The van der Waals surface area contributed by atoms with Crippen LogP contribution in [0, 0.1) is 16.6 Å². The van der Waals surface area contributed by atoms with Gasteiger partial charge < -0.3 is 39.5 Å². The van der Waals surface area contributed by atoms with Crippen molar-refractivity contribution in [3.05, 3.63) is 77.2 Å². The molecule has 5 aromatic rings. The van der Waals surface area contributed by atoms with Crippen LogP contribution in [0.1, 0.15) is 118 Å². The van der Waals surface area contributed by atoms with Crippen LogP contribution in [0.2, 0.25) is 0 Å². The molecule has 5 saturated heterocycles. The van der Waals surface area contributed by atoms with Gasteiger partial charge in [-0.3, -0.25) is 24.7 Å². The fourth-order valence-corrected chi connectivity index (χ4v) is 14.0. The summed E-state index contributed by atoms with van der Waals surface area (Å²) in [4.78, 5) is 61.0. The SMILES string of the molecule is CCc1cccc2cc(O)cc(-c3ncc4c(N5CC6CCC(C5)N6)nc(OCC5(CN6CCC7(CCC(OC8CCN(c9ccc%10c(c9)CN(C9CCC(=O)NC9=O)C%10=O)CC8)CC7)CC6)CC5)nc4c3F)c12. The number of carbonyl (C=O) groups is 3. The predicted octanol–water partition coefficient (Wildman–Crippen LogP) is 7.82. The van der Waals surface area contributed by atoms with E-state index in [0.717, 1.165) is 131 Å². The Morgan fingerprint density at radius 3 is 2.34 bits per heavy atom. The molecule has 1 spiro atoms. The molecule has 2 aromatic heterocycles. The van der Waals surface area contributed by atoms with Crippen molar-refractivity contribution in [2.24, 2.45) is 10.8 Å². The Morgan fingerprint density at radius 1 is 0.824 bits per heavy atom. The van der Waals surface area contributed by atoms with Gasteiger partial charge in [0.1, 0.15) is 28.8 Å². The number of imide groups is 1. The lowest BCUT2D eigenvalue weighted by atomic mass is 9.67. The van der Waals surface area contributed by atoms with Crippen LogP contribution in [0.15, 0.2) is 54.7 Å². The fraction of sp³-hybridized carbons (Fsp3) is 0.552. The minimum absolute atomic E-state index is 0.0235. The molecular weight excluding hydrogens is 938 g/mol. The van der Waals surface area contributed by atoms with Crippen molar-refractivity contribution < 1.29 is 33.4 Å². The Morgan fingerprint density at radius 2 is 1.59 bits per heavy atom. The van der Waals surface area contributed by atoms with Gasteiger partial charge in [0.15, 0.2) is 5.82 Å². The van der Waals surface area contributed by atoms with Crippen LogP contribution in [-0.2, 0) is 27.3 Å². The van der Waals surface area contributed by atoms with Crippen molar-refractivity contribution in [1.82, 2.24) is 35.4 Å². The summed E-state index contributed by atoms with van der Waals surface area (Å²) in [6.07, 6.45) is 17.0. The van der Waals surface area contributed by atoms with E-state index in [0.29, 0.717) is 65.5 Å². The maximum absolute atomic E-state index is 17.2. The Bertz CT molecular complexity index is 3020. The molecule has 3 atom stereocenters. The van der Waals surface area contributed by atoms with Crippen LogP contribution in [0.25, 0.3) is 32.9 Å². The zero-order chi connectivity index (χ0) is 50.3. The number of nitrogens with one attached hydrogen (secondary N) is 2. The van der Waals surface area contributed by atoms with Gasteiger partial charge in [-0.25, -0.2) is 4.39 Å². The molecule has 2 saturated carbocycles. The summed E-state index contributed by atoms with van der Waals surface area (Å²) >= 11 is 0. The third-order valence-corrected chi connectivity index (χ3v) is 18.5. The van der Waals surface area contributed by atoms with Crippen LogP contribution in [0.4, 0.5) is 15.9 Å². The van der Waals surface area contributed by atoms with Crippen LogP contribution in [0.3, 0.4) is 0 Å². The first-order valence-electron chi connectivity index (χ1n) is 27.6. The number of ether oxygens (including phenoxy) is 2. The number of likely N-dealkylation sites (tertiary alicyclic amines) is 1. The zero-order valence-corrected chi connectivity index (χ0v) is 42.6. The standard InChI is InChI=1S/C58H68FN9O6/c1-2-35-4-3-5-36-27-41(69)28-45(49(35)36)51-50(59)52-46(29-60-51)53(67-31-38-6-7-39(32-67)61-38)64-56(63-52)73-34-58(18-19-58)33-65-24-20-57(21-25-65)16-12-42(13-17-57)74-43-14-22-66(23-15-43)40-8-9-44-37(26-40)30-68(55(44)72)47-10-11-48(70)62-54(47)71/h3-5,8-9,26-29,38-39,42-43,47,61,69H,2,6-7,10-25,30-34H2,1H3,(H,62,70,71). The summed E-state index contributed by atoms with van der Waals surface area (Å²) in [5.41, 5.74) is 5.06. The minimum atomic E-state index is -0.606. The molecule has 16 heteroatoms. The van der Waals surface area contributed by atoms with E-state index in [-0.39, 0.29) is 58.6 Å². The summed E-state index contributed by atoms with van der Waals surface area (Å²) in [5.74, 6) is -0.599. The lowest BCUT2D eigenvalue weighted by Gasteiger charge is -2.47. The van der Waals surface area contributed by atoms with Crippen LogP contribution in [-0.4, -0.2) is 130 Å². The van der Waals surface area contributed by atoms with Gasteiger partial charge >= 0.3 is 6.01 Å². The molecule has 8 heterocycles. The van der Waals surface area contributed by atoms with Gasteiger partial charge in [-0.1, -0.05) is 25.1 Å². The first-order valence-corrected chi connectivity index (χ1v) is 27.6. The van der Waals surface area contributed by atoms with E-state index >= 15 is 4.39 Å². The number of hydrogen-bond donors (Lipinski definition) is 3. The summed E-state index contributed by atoms with van der Waals surface area (Å²) in [6, 6.07) is 15.6. The smallest absolute Gasteiger partial charge is 0.319 e. The number of pyridine rings is 1. The minimum Gasteiger partial charge on any atom is -0.508 e. The van der Waals surface area contributed by atoms with Gasteiger partial charge in [0, 0.05) is 86.2 Å². The number of phenols is 1. The number of fused-ring (bicyclic) bond motifs is 5. The van der Waals surface area contributed by atoms with Crippen molar-refractivity contribution in [3.63, 3.8) is 0 Å². The van der Waals surface area contributed by atoms with Crippen molar-refractivity contribution in [1.29, 1.82) is 0 Å². The lowest BCUT2D eigenvalue weighted by Crippen LogP contribution is -2.52. The Kier molecular flexibility index (Phi) is 12.3. The number of aromatic hydroxyl groups is 1. The molecule has 3 aromatic carbocycles. The van der Waals surface area contributed by atoms with E-state index in [4.69, 9.17) is 24.4 Å². The number of anilines is 2. The summed E-state index contributed by atoms with van der Waals surface area (Å²) in [6.45, 7) is 9.46. The second kappa shape index (κ2) is 19.0. The third kappa shape index (κ3) is 9.01. The summed E-state index contributed by atoms with van der Waals surface area (Å²) in [5, 5.41) is 19.2. The summed E-state index contributed by atoms with van der Waals surface area (Å²) < 4.78 is 30.7. The van der Waals surface area contributed by atoms with E-state index in [2.05, 4.69) is 38.3 Å². The van der Waals surface area contributed by atoms with Crippen LogP contribution >= 0.6 is 0 Å². The van der Waals surface area contributed by atoms with E-state index in [1.807, 2.05) is 30.3 Å². The molecule has 15 nitrogen and oxygen atoms in total. The number of piperidine rings is 3. The fourth-order valence-electron chi connectivity index (χ4n) is 14.0. The maximum Gasteiger partial charge on any atom is 0.319 e. The molecule has 0 radical (unpaired) electrons. The van der Waals surface area contributed by atoms with Crippen LogP contribution in [0.5, 0.6) is 11.8 Å². The zero-order valence-electron chi connectivity index (χ0n) is 42.6. The first kappa shape index (κ1) is 47.7. The molecule has 3 N–H and O–H groups in total. The molecule has 3 unspecified atom stereocenters. The molecule has 74 heavy (non-hydrogen) atoms. The molecule has 3 amide bonds. The van der Waals surface area contributed by atoms with E-state index in [1.54, 1.807) is 23.2 Å². The molecule has 8 aliphatic rings. The molecule has 388 valence electrons. The number of hydrogen-bond acceptors (Lipinski definition) is 13. The van der Waals surface area contributed by atoms with Gasteiger partial charge in [-0.2, -0.15) is 9.97 Å². The van der Waals surface area contributed by atoms with Crippen molar-refractivity contribution in [2.45, 2.75) is 140 Å². The number of aromatic nitrogens is 3. The van der Waals surface area contributed by atoms with Gasteiger partial charge in [0.25, 0.3) is 5.91 Å². The number of aryl methyl sites for hydroxylation is 1.